The lowest BCUT2D eigenvalue weighted by Gasteiger charge is -2.32. The number of carbonyl (C=O) groups is 3. The van der Waals surface area contributed by atoms with Gasteiger partial charge in [0.25, 0.3) is 0 Å². The average molecular weight is 281 g/mol. The summed E-state index contributed by atoms with van der Waals surface area (Å²) in [6.45, 7) is 3.66. The highest BCUT2D eigenvalue weighted by atomic mass is 16.2. The summed E-state index contributed by atoms with van der Waals surface area (Å²) in [4.78, 5) is 37.2. The first-order valence-corrected chi connectivity index (χ1v) is 7.45. The highest BCUT2D eigenvalue weighted by Gasteiger charge is 2.36. The summed E-state index contributed by atoms with van der Waals surface area (Å²) >= 11 is 0. The molecule has 1 atom stereocenters. The number of carbonyl (C=O) groups excluding carboxylic acids is 3. The van der Waals surface area contributed by atoms with Crippen molar-refractivity contribution in [2.75, 3.05) is 26.2 Å². The van der Waals surface area contributed by atoms with E-state index in [1.54, 1.807) is 0 Å². The first-order chi connectivity index (χ1) is 9.61. The molecule has 0 spiro atoms. The third kappa shape index (κ3) is 3.95. The maximum Gasteiger partial charge on any atom is 0.239 e. The van der Waals surface area contributed by atoms with Crippen molar-refractivity contribution in [2.45, 2.75) is 32.6 Å². The van der Waals surface area contributed by atoms with Crippen molar-refractivity contribution in [1.29, 1.82) is 0 Å². The minimum Gasteiger partial charge on any atom is -0.355 e. The van der Waals surface area contributed by atoms with Crippen LogP contribution in [-0.2, 0) is 14.4 Å². The standard InChI is InChI=1S/C14H23N3O3/c1-2-15-12(18)8-16-13(19)11-4-3-7-17(9-11)14(20)10-5-6-10/h10-11H,2-9H2,1H3,(H,15,18)(H,16,19)/t11-/m1/s1. The summed E-state index contributed by atoms with van der Waals surface area (Å²) in [5.74, 6) is -0.0774. The van der Waals surface area contributed by atoms with Crippen LogP contribution in [0.15, 0.2) is 0 Å². The normalized spacial score (nSPS) is 22.2. The van der Waals surface area contributed by atoms with Crippen LogP contribution in [0.3, 0.4) is 0 Å². The van der Waals surface area contributed by atoms with Gasteiger partial charge in [-0.25, -0.2) is 0 Å². The lowest BCUT2D eigenvalue weighted by Crippen LogP contribution is -2.47. The maximum atomic E-state index is 12.0. The largest absolute Gasteiger partial charge is 0.355 e. The van der Waals surface area contributed by atoms with E-state index in [-0.39, 0.29) is 36.1 Å². The Hall–Kier alpha value is -1.59. The van der Waals surface area contributed by atoms with Crippen molar-refractivity contribution in [3.05, 3.63) is 0 Å². The van der Waals surface area contributed by atoms with Crippen LogP contribution < -0.4 is 10.6 Å². The third-order valence-corrected chi connectivity index (χ3v) is 3.83. The molecule has 0 aromatic carbocycles. The van der Waals surface area contributed by atoms with Crippen molar-refractivity contribution in [2.24, 2.45) is 11.8 Å². The van der Waals surface area contributed by atoms with Gasteiger partial charge in [0.1, 0.15) is 0 Å². The van der Waals surface area contributed by atoms with Crippen molar-refractivity contribution in [1.82, 2.24) is 15.5 Å². The number of nitrogens with zero attached hydrogens (tertiary/aromatic N) is 1. The molecule has 0 aromatic heterocycles. The number of nitrogens with one attached hydrogen (secondary N) is 2. The lowest BCUT2D eigenvalue weighted by atomic mass is 9.96. The minimum atomic E-state index is -0.180. The van der Waals surface area contributed by atoms with E-state index in [0.29, 0.717) is 13.1 Å². The van der Waals surface area contributed by atoms with Gasteiger partial charge in [-0.1, -0.05) is 0 Å². The van der Waals surface area contributed by atoms with Crippen molar-refractivity contribution in [3.63, 3.8) is 0 Å². The number of likely N-dealkylation sites (tertiary alicyclic amines) is 1. The first-order valence-electron chi connectivity index (χ1n) is 7.45. The summed E-state index contributed by atoms with van der Waals surface area (Å²) in [5.41, 5.74) is 0. The fourth-order valence-electron chi connectivity index (χ4n) is 2.55. The van der Waals surface area contributed by atoms with Crippen LogP contribution in [0.5, 0.6) is 0 Å². The second-order valence-electron chi connectivity index (χ2n) is 5.57. The van der Waals surface area contributed by atoms with E-state index >= 15 is 0 Å². The van der Waals surface area contributed by atoms with Gasteiger partial charge in [0.15, 0.2) is 0 Å². The predicted molar refractivity (Wildman–Crippen MR) is 73.7 cm³/mol. The van der Waals surface area contributed by atoms with Crippen molar-refractivity contribution < 1.29 is 14.4 Å². The number of rotatable bonds is 5. The van der Waals surface area contributed by atoms with Gasteiger partial charge in [0, 0.05) is 25.6 Å². The highest BCUT2D eigenvalue weighted by Crippen LogP contribution is 2.32. The zero-order chi connectivity index (χ0) is 14.5. The molecule has 2 fully saturated rings. The van der Waals surface area contributed by atoms with Gasteiger partial charge in [-0.2, -0.15) is 0 Å². The second kappa shape index (κ2) is 6.72. The van der Waals surface area contributed by atoms with Gasteiger partial charge in [0.2, 0.25) is 17.7 Å². The van der Waals surface area contributed by atoms with Crippen LogP contribution in [0.1, 0.15) is 32.6 Å². The highest BCUT2D eigenvalue weighted by molar-refractivity contribution is 5.87. The van der Waals surface area contributed by atoms with Gasteiger partial charge >= 0.3 is 0 Å². The van der Waals surface area contributed by atoms with Crippen molar-refractivity contribution in [3.8, 4) is 0 Å². The Kier molecular flexibility index (Phi) is 4.98. The van der Waals surface area contributed by atoms with Crippen LogP contribution in [0.2, 0.25) is 0 Å². The van der Waals surface area contributed by atoms with Gasteiger partial charge in [-0.3, -0.25) is 14.4 Å². The molecular formula is C14H23N3O3. The molecule has 0 bridgehead atoms. The van der Waals surface area contributed by atoms with E-state index in [2.05, 4.69) is 10.6 Å². The third-order valence-electron chi connectivity index (χ3n) is 3.83. The molecule has 2 aliphatic rings. The molecule has 2 N–H and O–H groups in total. The van der Waals surface area contributed by atoms with E-state index in [0.717, 1.165) is 32.2 Å². The zero-order valence-electron chi connectivity index (χ0n) is 12.0. The molecule has 1 saturated carbocycles. The van der Waals surface area contributed by atoms with E-state index in [1.807, 2.05) is 11.8 Å². The molecule has 1 saturated heterocycles. The van der Waals surface area contributed by atoms with Gasteiger partial charge in [0.05, 0.1) is 12.5 Å². The Labute approximate surface area is 119 Å². The summed E-state index contributed by atoms with van der Waals surface area (Å²) in [6.07, 6.45) is 3.63. The van der Waals surface area contributed by atoms with Crippen LogP contribution in [0.4, 0.5) is 0 Å². The number of hydrogen-bond acceptors (Lipinski definition) is 3. The van der Waals surface area contributed by atoms with Crippen LogP contribution in [0.25, 0.3) is 0 Å². The monoisotopic (exact) mass is 281 g/mol. The molecule has 3 amide bonds. The Balaban J connectivity index is 1.77. The molecule has 1 aliphatic heterocycles. The molecule has 20 heavy (non-hydrogen) atoms. The first kappa shape index (κ1) is 14.8. The summed E-state index contributed by atoms with van der Waals surface area (Å²) in [6, 6.07) is 0. The van der Waals surface area contributed by atoms with Gasteiger partial charge in [-0.05, 0) is 32.6 Å². The average Bonchev–Trinajstić information content (AvgIpc) is 3.29. The van der Waals surface area contributed by atoms with E-state index in [4.69, 9.17) is 0 Å². The number of piperidine rings is 1. The minimum absolute atomic E-state index is 0.0136. The molecule has 6 heteroatoms. The molecule has 6 nitrogen and oxygen atoms in total. The smallest absolute Gasteiger partial charge is 0.239 e. The van der Waals surface area contributed by atoms with Crippen molar-refractivity contribution >= 4 is 17.7 Å². The van der Waals surface area contributed by atoms with Crippen LogP contribution >= 0.6 is 0 Å². The maximum absolute atomic E-state index is 12.0. The molecule has 1 aliphatic carbocycles. The molecule has 0 aromatic rings. The summed E-state index contributed by atoms with van der Waals surface area (Å²) in [5, 5.41) is 5.29. The predicted octanol–water partition coefficient (Wildman–Crippen LogP) is -0.113. The van der Waals surface area contributed by atoms with E-state index in [1.165, 1.54) is 0 Å². The second-order valence-corrected chi connectivity index (χ2v) is 5.57. The number of hydrogen-bond donors (Lipinski definition) is 2. The lowest BCUT2D eigenvalue weighted by molar-refractivity contribution is -0.137. The van der Waals surface area contributed by atoms with Gasteiger partial charge < -0.3 is 15.5 Å². The van der Waals surface area contributed by atoms with Crippen LogP contribution in [-0.4, -0.2) is 48.8 Å². The SMILES string of the molecule is CCNC(=O)CNC(=O)[C@@H]1CCCN(C(=O)C2CC2)C1. The van der Waals surface area contributed by atoms with Gasteiger partial charge in [-0.15, -0.1) is 0 Å². The number of likely N-dealkylation sites (N-methyl/N-ethyl adjacent to an activating group) is 1. The quantitative estimate of drug-likeness (QED) is 0.738. The molecule has 0 radical (unpaired) electrons. The molecule has 2 rings (SSSR count). The fourth-order valence-corrected chi connectivity index (χ4v) is 2.55. The number of amides is 3. The topological polar surface area (TPSA) is 78.5 Å². The fraction of sp³-hybridized carbons (Fsp3) is 0.786. The summed E-state index contributed by atoms with van der Waals surface area (Å²) in [7, 11) is 0. The Morgan fingerprint density at radius 1 is 1.10 bits per heavy atom. The van der Waals surface area contributed by atoms with Crippen LogP contribution in [0, 0.1) is 11.8 Å². The molecular weight excluding hydrogens is 258 g/mol. The summed E-state index contributed by atoms with van der Waals surface area (Å²) < 4.78 is 0. The Morgan fingerprint density at radius 2 is 1.85 bits per heavy atom. The van der Waals surface area contributed by atoms with E-state index < -0.39 is 0 Å². The molecule has 0 unspecified atom stereocenters. The molecule has 112 valence electrons. The Bertz CT molecular complexity index is 393. The zero-order valence-corrected chi connectivity index (χ0v) is 12.0. The van der Waals surface area contributed by atoms with E-state index in [9.17, 15) is 14.4 Å². The Morgan fingerprint density at radius 3 is 2.50 bits per heavy atom. The molecule has 1 heterocycles.